The molecule has 0 saturated heterocycles. The van der Waals surface area contributed by atoms with Gasteiger partial charge in [-0.1, -0.05) is 6.07 Å². The number of hydrogen-bond acceptors (Lipinski definition) is 2. The van der Waals surface area contributed by atoms with Crippen molar-refractivity contribution in [2.75, 3.05) is 0 Å². The molecule has 0 unspecified atom stereocenters. The van der Waals surface area contributed by atoms with Crippen LogP contribution < -0.4 is 5.32 Å². The van der Waals surface area contributed by atoms with Crippen molar-refractivity contribution in [3.8, 4) is 5.69 Å². The molecule has 0 aliphatic heterocycles. The van der Waals surface area contributed by atoms with Gasteiger partial charge in [-0.05, 0) is 72.2 Å². The van der Waals surface area contributed by atoms with Gasteiger partial charge in [0.15, 0.2) is 0 Å². The van der Waals surface area contributed by atoms with Crippen LogP contribution in [0, 0.1) is 0 Å². The van der Waals surface area contributed by atoms with Gasteiger partial charge in [0.25, 0.3) is 0 Å². The predicted molar refractivity (Wildman–Crippen MR) is 87.8 cm³/mol. The van der Waals surface area contributed by atoms with Crippen molar-refractivity contribution in [2.45, 2.75) is 51.1 Å². The van der Waals surface area contributed by atoms with E-state index in [1.54, 1.807) is 0 Å². The van der Waals surface area contributed by atoms with E-state index in [0.29, 0.717) is 0 Å². The molecule has 0 bridgehead atoms. The third-order valence-corrected chi connectivity index (χ3v) is 5.11. The molecule has 3 nitrogen and oxygen atoms in total. The Morgan fingerprint density at radius 3 is 2.90 bits per heavy atom. The molecule has 0 spiro atoms. The van der Waals surface area contributed by atoms with Crippen LogP contribution >= 0.6 is 15.9 Å². The molecule has 2 aromatic rings. The summed E-state index contributed by atoms with van der Waals surface area (Å²) in [5, 5.41) is 3.56. The highest BCUT2D eigenvalue weighted by molar-refractivity contribution is 9.10. The second-order valence-corrected chi connectivity index (χ2v) is 7.01. The molecular formula is C17H20BrN3. The molecule has 1 aromatic heterocycles. The number of rotatable bonds is 4. The number of aryl methyl sites for hydroxylation is 1. The lowest BCUT2D eigenvalue weighted by Crippen LogP contribution is -2.15. The molecule has 2 aliphatic rings. The summed E-state index contributed by atoms with van der Waals surface area (Å²) in [6, 6.07) is 7.43. The summed E-state index contributed by atoms with van der Waals surface area (Å²) in [7, 11) is 0. The minimum atomic E-state index is 0.754. The first-order valence-electron chi connectivity index (χ1n) is 7.88. The molecule has 0 radical (unpaired) electrons. The zero-order chi connectivity index (χ0) is 14.2. The average Bonchev–Trinajstić information content (AvgIpc) is 3.24. The highest BCUT2D eigenvalue weighted by Crippen LogP contribution is 2.28. The number of benzene rings is 1. The summed E-state index contributed by atoms with van der Waals surface area (Å²) in [5.41, 5.74) is 5.23. The molecule has 21 heavy (non-hydrogen) atoms. The topological polar surface area (TPSA) is 29.9 Å². The van der Waals surface area contributed by atoms with Crippen LogP contribution in [0.15, 0.2) is 29.0 Å². The highest BCUT2D eigenvalue weighted by Gasteiger charge is 2.20. The largest absolute Gasteiger partial charge is 0.310 e. The number of hydrogen-bond donors (Lipinski definition) is 1. The third kappa shape index (κ3) is 2.79. The van der Waals surface area contributed by atoms with Crippen molar-refractivity contribution in [1.29, 1.82) is 0 Å². The minimum Gasteiger partial charge on any atom is -0.310 e. The maximum absolute atomic E-state index is 4.59. The Hall–Kier alpha value is -1.13. The molecule has 1 heterocycles. The molecular weight excluding hydrogens is 326 g/mol. The maximum Gasteiger partial charge on any atom is 0.0998 e. The Morgan fingerprint density at radius 2 is 2.10 bits per heavy atom. The Bertz CT molecular complexity index is 658. The summed E-state index contributed by atoms with van der Waals surface area (Å²) in [6.07, 6.45) is 9.48. The van der Waals surface area contributed by atoms with Gasteiger partial charge >= 0.3 is 0 Å². The Morgan fingerprint density at radius 1 is 1.24 bits per heavy atom. The molecule has 1 saturated carbocycles. The fourth-order valence-corrected chi connectivity index (χ4v) is 3.70. The second-order valence-electron chi connectivity index (χ2n) is 6.16. The van der Waals surface area contributed by atoms with E-state index in [-0.39, 0.29) is 0 Å². The molecule has 4 heteroatoms. The van der Waals surface area contributed by atoms with Crippen LogP contribution in [0.25, 0.3) is 5.69 Å². The summed E-state index contributed by atoms with van der Waals surface area (Å²) < 4.78 is 3.42. The van der Waals surface area contributed by atoms with Gasteiger partial charge in [-0.3, -0.25) is 0 Å². The highest BCUT2D eigenvalue weighted by atomic mass is 79.9. The number of fused-ring (bicyclic) bond motifs is 1. The van der Waals surface area contributed by atoms with Gasteiger partial charge in [-0.25, -0.2) is 4.98 Å². The van der Waals surface area contributed by atoms with Gasteiger partial charge in [0.05, 0.1) is 17.7 Å². The van der Waals surface area contributed by atoms with Crippen LogP contribution in [0.2, 0.25) is 0 Å². The Kier molecular flexibility index (Phi) is 3.59. The average molecular weight is 346 g/mol. The molecule has 0 amide bonds. The van der Waals surface area contributed by atoms with Gasteiger partial charge in [0.2, 0.25) is 0 Å². The van der Waals surface area contributed by atoms with Crippen LogP contribution in [-0.4, -0.2) is 15.6 Å². The van der Waals surface area contributed by atoms with E-state index >= 15 is 0 Å². The van der Waals surface area contributed by atoms with E-state index in [1.807, 2.05) is 6.33 Å². The van der Waals surface area contributed by atoms with Gasteiger partial charge < -0.3 is 9.88 Å². The van der Waals surface area contributed by atoms with Crippen LogP contribution in [-0.2, 0) is 19.4 Å². The summed E-state index contributed by atoms with van der Waals surface area (Å²) in [5.74, 6) is 0. The van der Waals surface area contributed by atoms with Crippen LogP contribution in [0.1, 0.15) is 42.6 Å². The lowest BCUT2D eigenvalue weighted by Gasteiger charge is -2.15. The number of imidazole rings is 1. The number of aromatic nitrogens is 2. The van der Waals surface area contributed by atoms with E-state index in [2.05, 4.69) is 49.0 Å². The smallest absolute Gasteiger partial charge is 0.0998 e. The van der Waals surface area contributed by atoms with Gasteiger partial charge in [-0.2, -0.15) is 0 Å². The van der Waals surface area contributed by atoms with Gasteiger partial charge in [0.1, 0.15) is 0 Å². The van der Waals surface area contributed by atoms with E-state index < -0.39 is 0 Å². The first kappa shape index (κ1) is 13.5. The SMILES string of the molecule is Brc1cc(CNC2CC2)ccc1-n1cnc2c1CCCC2. The number of nitrogens with one attached hydrogen (secondary N) is 1. The third-order valence-electron chi connectivity index (χ3n) is 4.47. The molecule has 0 atom stereocenters. The second kappa shape index (κ2) is 5.58. The molecule has 1 aromatic carbocycles. The Balaban J connectivity index is 1.60. The first-order valence-corrected chi connectivity index (χ1v) is 8.68. The van der Waals surface area contributed by atoms with E-state index in [9.17, 15) is 0 Å². The summed E-state index contributed by atoms with van der Waals surface area (Å²) in [6.45, 7) is 0.964. The number of nitrogens with zero attached hydrogens (tertiary/aromatic N) is 2. The van der Waals surface area contributed by atoms with E-state index in [4.69, 9.17) is 0 Å². The lowest BCUT2D eigenvalue weighted by atomic mass is 10.0. The van der Waals surface area contributed by atoms with Crippen molar-refractivity contribution >= 4 is 15.9 Å². The zero-order valence-electron chi connectivity index (χ0n) is 12.1. The normalized spacial score (nSPS) is 17.8. The predicted octanol–water partition coefficient (Wildman–Crippen LogP) is 3.77. The molecule has 4 rings (SSSR count). The standard InChI is InChI=1S/C17H20BrN3/c18-14-9-12(10-19-13-6-7-13)5-8-16(14)21-11-20-15-3-1-2-4-17(15)21/h5,8-9,11,13,19H,1-4,6-7,10H2. The molecule has 1 N–H and O–H groups in total. The van der Waals surface area contributed by atoms with Crippen LogP contribution in [0.5, 0.6) is 0 Å². The minimum absolute atomic E-state index is 0.754. The van der Waals surface area contributed by atoms with E-state index in [1.165, 1.54) is 48.3 Å². The first-order chi connectivity index (χ1) is 10.3. The zero-order valence-corrected chi connectivity index (χ0v) is 13.7. The Labute approximate surface area is 133 Å². The van der Waals surface area contributed by atoms with Gasteiger partial charge in [0, 0.05) is 22.8 Å². The maximum atomic E-state index is 4.59. The lowest BCUT2D eigenvalue weighted by molar-refractivity contribution is 0.655. The molecule has 2 aliphatic carbocycles. The van der Waals surface area contributed by atoms with Crippen molar-refractivity contribution in [2.24, 2.45) is 0 Å². The van der Waals surface area contributed by atoms with Crippen LogP contribution in [0.4, 0.5) is 0 Å². The monoisotopic (exact) mass is 345 g/mol. The van der Waals surface area contributed by atoms with Crippen LogP contribution in [0.3, 0.4) is 0 Å². The fourth-order valence-electron chi connectivity index (χ4n) is 3.08. The quantitative estimate of drug-likeness (QED) is 0.913. The van der Waals surface area contributed by atoms with Crippen molar-refractivity contribution < 1.29 is 0 Å². The van der Waals surface area contributed by atoms with Crippen molar-refractivity contribution in [3.63, 3.8) is 0 Å². The molecule has 1 fully saturated rings. The summed E-state index contributed by atoms with van der Waals surface area (Å²) >= 11 is 3.74. The van der Waals surface area contributed by atoms with Crippen molar-refractivity contribution in [3.05, 3.63) is 46.0 Å². The molecule has 110 valence electrons. The summed E-state index contributed by atoms with van der Waals surface area (Å²) in [4.78, 5) is 4.59. The fraction of sp³-hybridized carbons (Fsp3) is 0.471. The van der Waals surface area contributed by atoms with Crippen molar-refractivity contribution in [1.82, 2.24) is 14.9 Å². The van der Waals surface area contributed by atoms with E-state index in [0.717, 1.165) is 29.9 Å². The van der Waals surface area contributed by atoms with Gasteiger partial charge in [-0.15, -0.1) is 0 Å². The number of halogens is 1.